The Balaban J connectivity index is 1.84. The van der Waals surface area contributed by atoms with Crippen molar-refractivity contribution in [2.75, 3.05) is 45.9 Å². The average Bonchev–Trinajstić information content (AvgIpc) is 2.79. The summed E-state index contributed by atoms with van der Waals surface area (Å²) in [5.41, 5.74) is 0.304. The largest absolute Gasteiger partial charge is 0.393 e. The molecule has 2 heterocycles. The fourth-order valence-corrected chi connectivity index (χ4v) is 2.91. The SMILES string of the molecule is CCNCC1(CN2CCC(O)CC2)CCOC1. The maximum atomic E-state index is 9.53. The van der Waals surface area contributed by atoms with E-state index >= 15 is 0 Å². The molecule has 0 aliphatic carbocycles. The third-order valence-electron chi connectivity index (χ3n) is 4.05. The standard InChI is InChI=1S/C13H26N2O2/c1-2-14-9-13(5-8-17-11-13)10-15-6-3-12(16)4-7-15/h12,14,16H,2-11H2,1H3. The van der Waals surface area contributed by atoms with Crippen molar-refractivity contribution in [1.29, 1.82) is 0 Å². The van der Waals surface area contributed by atoms with Crippen molar-refractivity contribution < 1.29 is 9.84 Å². The lowest BCUT2D eigenvalue weighted by Gasteiger charge is -2.37. The molecule has 2 fully saturated rings. The van der Waals surface area contributed by atoms with E-state index in [2.05, 4.69) is 17.1 Å². The van der Waals surface area contributed by atoms with Crippen LogP contribution in [0.2, 0.25) is 0 Å². The van der Waals surface area contributed by atoms with E-state index in [9.17, 15) is 5.11 Å². The van der Waals surface area contributed by atoms with Gasteiger partial charge in [0, 0.05) is 38.2 Å². The first-order valence-electron chi connectivity index (χ1n) is 6.93. The molecule has 4 heteroatoms. The van der Waals surface area contributed by atoms with E-state index in [4.69, 9.17) is 4.74 Å². The highest BCUT2D eigenvalue weighted by molar-refractivity contribution is 4.89. The third-order valence-corrected chi connectivity index (χ3v) is 4.05. The minimum Gasteiger partial charge on any atom is -0.393 e. The molecule has 2 aliphatic rings. The van der Waals surface area contributed by atoms with Crippen LogP contribution in [0, 0.1) is 5.41 Å². The summed E-state index contributed by atoms with van der Waals surface area (Å²) in [5, 5.41) is 13.0. The summed E-state index contributed by atoms with van der Waals surface area (Å²) < 4.78 is 5.60. The van der Waals surface area contributed by atoms with E-state index in [1.54, 1.807) is 0 Å². The molecule has 0 aromatic carbocycles. The third kappa shape index (κ3) is 3.65. The summed E-state index contributed by atoms with van der Waals surface area (Å²) in [6.45, 7) is 9.22. The number of aliphatic hydroxyl groups is 1. The second-order valence-corrected chi connectivity index (χ2v) is 5.59. The predicted octanol–water partition coefficient (Wildman–Crippen LogP) is 0.459. The molecule has 1 atom stereocenters. The van der Waals surface area contributed by atoms with Gasteiger partial charge in [0.05, 0.1) is 12.7 Å². The van der Waals surface area contributed by atoms with Crippen molar-refractivity contribution in [1.82, 2.24) is 10.2 Å². The summed E-state index contributed by atoms with van der Waals surface area (Å²) in [6.07, 6.45) is 2.95. The maximum Gasteiger partial charge on any atom is 0.0564 e. The predicted molar refractivity (Wildman–Crippen MR) is 68.1 cm³/mol. The second kappa shape index (κ2) is 6.14. The Bertz CT molecular complexity index is 221. The number of piperidine rings is 1. The number of nitrogens with one attached hydrogen (secondary N) is 1. The molecule has 2 N–H and O–H groups in total. The highest BCUT2D eigenvalue weighted by Gasteiger charge is 2.36. The van der Waals surface area contributed by atoms with Gasteiger partial charge < -0.3 is 20.1 Å². The van der Waals surface area contributed by atoms with Gasteiger partial charge in [-0.2, -0.15) is 0 Å². The van der Waals surface area contributed by atoms with Gasteiger partial charge in [-0.3, -0.25) is 0 Å². The molecule has 2 rings (SSSR count). The monoisotopic (exact) mass is 242 g/mol. The topological polar surface area (TPSA) is 44.7 Å². The van der Waals surface area contributed by atoms with Crippen LogP contribution in [0.15, 0.2) is 0 Å². The van der Waals surface area contributed by atoms with Crippen molar-refractivity contribution in [2.45, 2.75) is 32.3 Å². The number of likely N-dealkylation sites (tertiary alicyclic amines) is 1. The highest BCUT2D eigenvalue weighted by atomic mass is 16.5. The Morgan fingerprint density at radius 2 is 2.18 bits per heavy atom. The van der Waals surface area contributed by atoms with E-state index in [1.807, 2.05) is 0 Å². The number of hydrogen-bond donors (Lipinski definition) is 2. The van der Waals surface area contributed by atoms with Crippen LogP contribution in [0.1, 0.15) is 26.2 Å². The Morgan fingerprint density at radius 1 is 1.41 bits per heavy atom. The molecule has 0 aromatic heterocycles. The molecule has 0 bridgehead atoms. The van der Waals surface area contributed by atoms with E-state index in [-0.39, 0.29) is 6.10 Å². The Kier molecular flexibility index (Phi) is 4.79. The highest BCUT2D eigenvalue weighted by Crippen LogP contribution is 2.30. The Labute approximate surface area is 104 Å². The van der Waals surface area contributed by atoms with E-state index in [0.29, 0.717) is 5.41 Å². The number of nitrogens with zero attached hydrogens (tertiary/aromatic N) is 1. The zero-order valence-corrected chi connectivity index (χ0v) is 11.0. The summed E-state index contributed by atoms with van der Waals surface area (Å²) in [4.78, 5) is 2.50. The molecule has 2 saturated heterocycles. The molecule has 100 valence electrons. The number of ether oxygens (including phenoxy) is 1. The van der Waals surface area contributed by atoms with Crippen LogP contribution < -0.4 is 5.32 Å². The lowest BCUT2D eigenvalue weighted by molar-refractivity contribution is 0.0501. The zero-order valence-electron chi connectivity index (χ0n) is 11.0. The first-order valence-corrected chi connectivity index (χ1v) is 6.93. The van der Waals surface area contributed by atoms with E-state index in [0.717, 1.165) is 58.8 Å². The minimum atomic E-state index is -0.0733. The van der Waals surface area contributed by atoms with Gasteiger partial charge in [0.15, 0.2) is 0 Å². The number of rotatable bonds is 5. The summed E-state index contributed by atoms with van der Waals surface area (Å²) in [6, 6.07) is 0. The quantitative estimate of drug-likeness (QED) is 0.735. The Hall–Kier alpha value is -0.160. The molecule has 2 aliphatic heterocycles. The molecular formula is C13H26N2O2. The van der Waals surface area contributed by atoms with E-state index < -0.39 is 0 Å². The maximum absolute atomic E-state index is 9.53. The van der Waals surface area contributed by atoms with Crippen molar-refractivity contribution in [3.05, 3.63) is 0 Å². The van der Waals surface area contributed by atoms with Crippen molar-refractivity contribution >= 4 is 0 Å². The second-order valence-electron chi connectivity index (χ2n) is 5.59. The molecule has 0 radical (unpaired) electrons. The fourth-order valence-electron chi connectivity index (χ4n) is 2.91. The summed E-state index contributed by atoms with van der Waals surface area (Å²) >= 11 is 0. The first-order chi connectivity index (χ1) is 8.24. The molecule has 0 saturated carbocycles. The fraction of sp³-hybridized carbons (Fsp3) is 1.00. The van der Waals surface area contributed by atoms with Crippen LogP contribution in [-0.4, -0.2) is 62.0 Å². The smallest absolute Gasteiger partial charge is 0.0564 e. The lowest BCUT2D eigenvalue weighted by Crippen LogP contribution is -2.47. The van der Waals surface area contributed by atoms with Crippen LogP contribution in [0.25, 0.3) is 0 Å². The first kappa shape index (κ1) is 13.3. The summed E-state index contributed by atoms with van der Waals surface area (Å²) in [5.74, 6) is 0. The van der Waals surface area contributed by atoms with Crippen molar-refractivity contribution in [2.24, 2.45) is 5.41 Å². The van der Waals surface area contributed by atoms with Gasteiger partial charge in [-0.1, -0.05) is 6.92 Å². The van der Waals surface area contributed by atoms with Gasteiger partial charge in [0.25, 0.3) is 0 Å². The van der Waals surface area contributed by atoms with Gasteiger partial charge in [0.2, 0.25) is 0 Å². The molecule has 17 heavy (non-hydrogen) atoms. The molecule has 0 amide bonds. The Morgan fingerprint density at radius 3 is 2.76 bits per heavy atom. The van der Waals surface area contributed by atoms with Crippen molar-refractivity contribution in [3.63, 3.8) is 0 Å². The zero-order chi connectivity index (χ0) is 12.1. The van der Waals surface area contributed by atoms with Gasteiger partial charge in [-0.25, -0.2) is 0 Å². The molecule has 0 spiro atoms. The van der Waals surface area contributed by atoms with Gasteiger partial charge >= 0.3 is 0 Å². The van der Waals surface area contributed by atoms with Gasteiger partial charge in [-0.05, 0) is 25.8 Å². The molecule has 1 unspecified atom stereocenters. The normalized spacial score (nSPS) is 32.1. The lowest BCUT2D eigenvalue weighted by atomic mass is 9.85. The van der Waals surface area contributed by atoms with Gasteiger partial charge in [0.1, 0.15) is 0 Å². The van der Waals surface area contributed by atoms with Crippen LogP contribution in [0.4, 0.5) is 0 Å². The molecular weight excluding hydrogens is 216 g/mol. The van der Waals surface area contributed by atoms with Crippen LogP contribution in [-0.2, 0) is 4.74 Å². The van der Waals surface area contributed by atoms with E-state index in [1.165, 1.54) is 6.42 Å². The summed E-state index contributed by atoms with van der Waals surface area (Å²) in [7, 11) is 0. The van der Waals surface area contributed by atoms with Crippen molar-refractivity contribution in [3.8, 4) is 0 Å². The number of aliphatic hydroxyl groups excluding tert-OH is 1. The average molecular weight is 242 g/mol. The van der Waals surface area contributed by atoms with Gasteiger partial charge in [-0.15, -0.1) is 0 Å². The molecule has 4 nitrogen and oxygen atoms in total. The van der Waals surface area contributed by atoms with Crippen LogP contribution in [0.5, 0.6) is 0 Å². The van der Waals surface area contributed by atoms with Crippen LogP contribution in [0.3, 0.4) is 0 Å². The minimum absolute atomic E-state index is 0.0733. The van der Waals surface area contributed by atoms with Crippen LogP contribution >= 0.6 is 0 Å². The number of hydrogen-bond acceptors (Lipinski definition) is 4. The molecule has 0 aromatic rings.